The van der Waals surface area contributed by atoms with Gasteiger partial charge in [0.25, 0.3) is 0 Å². The minimum Gasteiger partial charge on any atom is -0.504 e. The highest BCUT2D eigenvalue weighted by molar-refractivity contribution is 5.90. The number of carbonyl (C=O) groups excluding carboxylic acids is 1. The van der Waals surface area contributed by atoms with Gasteiger partial charge in [-0.15, -0.1) is 0 Å². The van der Waals surface area contributed by atoms with Crippen molar-refractivity contribution in [2.45, 2.75) is 68.7 Å². The molecule has 0 saturated heterocycles. The van der Waals surface area contributed by atoms with E-state index in [-0.39, 0.29) is 30.8 Å². The zero-order chi connectivity index (χ0) is 16.6. The van der Waals surface area contributed by atoms with E-state index in [1.807, 2.05) is 6.92 Å². The van der Waals surface area contributed by atoms with Gasteiger partial charge in [-0.3, -0.25) is 4.79 Å². The maximum atomic E-state index is 12.6. The van der Waals surface area contributed by atoms with Gasteiger partial charge in [0.15, 0.2) is 23.4 Å². The van der Waals surface area contributed by atoms with E-state index in [2.05, 4.69) is 0 Å². The molecule has 1 aromatic rings. The third-order valence-electron chi connectivity index (χ3n) is 6.19. The Balaban J connectivity index is 2.10. The quantitative estimate of drug-likeness (QED) is 0.771. The molecule has 5 nitrogen and oxygen atoms in total. The largest absolute Gasteiger partial charge is 0.504 e. The molecule has 3 aliphatic rings. The molecule has 4 rings (SSSR count). The molecule has 0 spiro atoms. The highest BCUT2D eigenvalue weighted by Gasteiger charge is 2.73. The molecule has 1 heterocycles. The van der Waals surface area contributed by atoms with E-state index in [1.54, 1.807) is 13.0 Å². The molecule has 0 radical (unpaired) electrons. The second-order valence-corrected chi connectivity index (χ2v) is 7.44. The third-order valence-corrected chi connectivity index (χ3v) is 6.19. The number of phenols is 1. The molecule has 0 bridgehead atoms. The molecule has 0 aromatic heterocycles. The Kier molecular flexibility index (Phi) is 2.78. The maximum absolute atomic E-state index is 12.6. The van der Waals surface area contributed by atoms with Gasteiger partial charge in [0.1, 0.15) is 5.60 Å². The zero-order valence-electron chi connectivity index (χ0n) is 13.4. The summed E-state index contributed by atoms with van der Waals surface area (Å²) in [7, 11) is 0. The second kappa shape index (κ2) is 4.28. The lowest BCUT2D eigenvalue weighted by Crippen LogP contribution is -2.74. The predicted molar refractivity (Wildman–Crippen MR) is 82.6 cm³/mol. The molecule has 1 fully saturated rings. The third kappa shape index (κ3) is 1.48. The molecular formula is C18H22O5. The van der Waals surface area contributed by atoms with Crippen LogP contribution in [0.25, 0.3) is 0 Å². The number of ketones is 1. The fourth-order valence-electron chi connectivity index (χ4n) is 5.26. The minimum atomic E-state index is -1.44. The van der Waals surface area contributed by atoms with Crippen LogP contribution in [0.1, 0.15) is 50.7 Å². The lowest BCUT2D eigenvalue weighted by molar-refractivity contribution is -0.219. The zero-order valence-corrected chi connectivity index (χ0v) is 13.4. The van der Waals surface area contributed by atoms with Crippen LogP contribution >= 0.6 is 0 Å². The van der Waals surface area contributed by atoms with Crippen molar-refractivity contribution in [1.29, 1.82) is 0 Å². The lowest BCUT2D eigenvalue weighted by Gasteiger charge is -2.59. The first-order chi connectivity index (χ1) is 10.8. The highest BCUT2D eigenvalue weighted by Crippen LogP contribution is 2.64. The van der Waals surface area contributed by atoms with E-state index >= 15 is 0 Å². The molecule has 124 valence electrons. The Hall–Kier alpha value is -1.59. The molecule has 1 saturated carbocycles. The van der Waals surface area contributed by atoms with Gasteiger partial charge in [-0.2, -0.15) is 0 Å². The first kappa shape index (κ1) is 15.0. The van der Waals surface area contributed by atoms with Crippen LogP contribution < -0.4 is 4.74 Å². The molecule has 23 heavy (non-hydrogen) atoms. The Labute approximate surface area is 134 Å². The number of Topliss-reactive ketones (excluding diaryl/α,β-unsaturated/α-hetero) is 1. The molecule has 4 atom stereocenters. The van der Waals surface area contributed by atoms with Crippen molar-refractivity contribution in [2.75, 3.05) is 0 Å². The topological polar surface area (TPSA) is 87.0 Å². The van der Waals surface area contributed by atoms with E-state index < -0.39 is 22.7 Å². The van der Waals surface area contributed by atoms with Gasteiger partial charge in [-0.1, -0.05) is 19.4 Å². The van der Waals surface area contributed by atoms with E-state index in [0.717, 1.165) is 17.5 Å². The van der Waals surface area contributed by atoms with E-state index in [4.69, 9.17) is 4.74 Å². The SMILES string of the molecule is CCC[C@]12c3c4ccc(O)c3O[C@H]1C(=O)CC[C@@]2(O)[C@@](C)(O)C4. The average Bonchev–Trinajstić information content (AvgIpc) is 2.84. The summed E-state index contributed by atoms with van der Waals surface area (Å²) in [4.78, 5) is 12.6. The van der Waals surface area contributed by atoms with E-state index in [1.165, 1.54) is 6.07 Å². The number of hydrogen-bond acceptors (Lipinski definition) is 5. The van der Waals surface area contributed by atoms with Crippen LogP contribution in [0.5, 0.6) is 11.5 Å². The van der Waals surface area contributed by atoms with Crippen LogP contribution in [0, 0.1) is 0 Å². The number of aliphatic hydroxyl groups is 2. The van der Waals surface area contributed by atoms with Crippen molar-refractivity contribution in [3.05, 3.63) is 23.3 Å². The van der Waals surface area contributed by atoms with Crippen LogP contribution in [0.15, 0.2) is 12.1 Å². The molecule has 3 N–H and O–H groups in total. The van der Waals surface area contributed by atoms with Gasteiger partial charge in [0, 0.05) is 18.4 Å². The Morgan fingerprint density at radius 3 is 2.78 bits per heavy atom. The molecule has 0 unspecified atom stereocenters. The maximum Gasteiger partial charge on any atom is 0.174 e. The van der Waals surface area contributed by atoms with Crippen LogP contribution in [0.4, 0.5) is 0 Å². The van der Waals surface area contributed by atoms with Crippen molar-refractivity contribution < 1.29 is 24.9 Å². The Morgan fingerprint density at radius 2 is 2.09 bits per heavy atom. The van der Waals surface area contributed by atoms with Gasteiger partial charge in [0.05, 0.1) is 11.0 Å². The first-order valence-corrected chi connectivity index (χ1v) is 8.28. The summed E-state index contributed by atoms with van der Waals surface area (Å²) in [6, 6.07) is 3.31. The number of ether oxygens (including phenoxy) is 1. The summed E-state index contributed by atoms with van der Waals surface area (Å²) in [6.45, 7) is 3.63. The van der Waals surface area contributed by atoms with Crippen molar-refractivity contribution in [3.8, 4) is 11.5 Å². The number of aromatic hydroxyl groups is 1. The first-order valence-electron chi connectivity index (χ1n) is 8.28. The molecule has 1 aromatic carbocycles. The number of phenolic OH excluding ortho intramolecular Hbond substituents is 1. The number of rotatable bonds is 2. The normalized spacial score (nSPS) is 40.7. The van der Waals surface area contributed by atoms with Gasteiger partial charge in [0.2, 0.25) is 0 Å². The van der Waals surface area contributed by atoms with Crippen molar-refractivity contribution in [1.82, 2.24) is 0 Å². The van der Waals surface area contributed by atoms with Crippen molar-refractivity contribution in [3.63, 3.8) is 0 Å². The van der Waals surface area contributed by atoms with Crippen LogP contribution in [-0.4, -0.2) is 38.4 Å². The van der Waals surface area contributed by atoms with Crippen molar-refractivity contribution >= 4 is 5.78 Å². The summed E-state index contributed by atoms with van der Waals surface area (Å²) >= 11 is 0. The number of hydrogen-bond donors (Lipinski definition) is 3. The smallest absolute Gasteiger partial charge is 0.174 e. The average molecular weight is 318 g/mol. The molecule has 0 amide bonds. The van der Waals surface area contributed by atoms with Gasteiger partial charge < -0.3 is 20.1 Å². The molecule has 1 aliphatic heterocycles. The number of carbonyl (C=O) groups is 1. The minimum absolute atomic E-state index is 0.00896. The second-order valence-electron chi connectivity index (χ2n) is 7.44. The predicted octanol–water partition coefficient (Wildman–Crippen LogP) is 1.59. The fraction of sp³-hybridized carbons (Fsp3) is 0.611. The fourth-order valence-corrected chi connectivity index (χ4v) is 5.26. The molecule has 5 heteroatoms. The van der Waals surface area contributed by atoms with Crippen LogP contribution in [0.3, 0.4) is 0 Å². The summed E-state index contributed by atoms with van der Waals surface area (Å²) in [5, 5.41) is 32.9. The Morgan fingerprint density at radius 1 is 1.35 bits per heavy atom. The molecular weight excluding hydrogens is 296 g/mol. The van der Waals surface area contributed by atoms with Crippen molar-refractivity contribution in [2.24, 2.45) is 0 Å². The Bertz CT molecular complexity index is 710. The summed E-state index contributed by atoms with van der Waals surface area (Å²) in [6.07, 6.45) is 1.09. The monoisotopic (exact) mass is 318 g/mol. The van der Waals surface area contributed by atoms with Gasteiger partial charge >= 0.3 is 0 Å². The van der Waals surface area contributed by atoms with Gasteiger partial charge in [-0.25, -0.2) is 0 Å². The lowest BCUT2D eigenvalue weighted by atomic mass is 9.48. The summed E-state index contributed by atoms with van der Waals surface area (Å²) < 4.78 is 5.89. The summed E-state index contributed by atoms with van der Waals surface area (Å²) in [5.41, 5.74) is -2.21. The van der Waals surface area contributed by atoms with E-state index in [0.29, 0.717) is 12.2 Å². The molecule has 2 aliphatic carbocycles. The number of benzene rings is 1. The standard InChI is InChI=1S/C18H22O5/c1-3-7-17-13-10-4-5-11(19)14(13)23-15(17)12(20)6-8-18(17,22)16(2,21)9-10/h4-5,15,19,21-22H,3,6-9H2,1-2H3/t15-,16-,17-,18+/m0/s1. The van der Waals surface area contributed by atoms with Crippen LogP contribution in [-0.2, 0) is 16.6 Å². The van der Waals surface area contributed by atoms with E-state index in [9.17, 15) is 20.1 Å². The van der Waals surface area contributed by atoms with Gasteiger partial charge in [-0.05, 0) is 31.4 Å². The summed E-state index contributed by atoms with van der Waals surface area (Å²) in [5.74, 6) is 0.234. The highest BCUT2D eigenvalue weighted by atomic mass is 16.5. The van der Waals surface area contributed by atoms with Crippen LogP contribution in [0.2, 0.25) is 0 Å².